The molecule has 8 nitrogen and oxygen atoms in total. The van der Waals surface area contributed by atoms with Gasteiger partial charge in [-0.1, -0.05) is 17.3 Å². The third-order valence-electron chi connectivity index (χ3n) is 3.86. The first-order valence-electron chi connectivity index (χ1n) is 8.31. The second-order valence-corrected chi connectivity index (χ2v) is 5.85. The number of hydrogen-bond donors (Lipinski definition) is 2. The van der Waals surface area contributed by atoms with Gasteiger partial charge in [0, 0.05) is 17.2 Å². The Hall–Kier alpha value is -3.94. The molecule has 2 N–H and O–H groups in total. The number of benzene rings is 2. The molecule has 2 aromatic carbocycles. The van der Waals surface area contributed by atoms with Gasteiger partial charge in [0.1, 0.15) is 5.76 Å². The predicted molar refractivity (Wildman–Crippen MR) is 101 cm³/mol. The number of amides is 2. The van der Waals surface area contributed by atoms with E-state index in [2.05, 4.69) is 15.8 Å². The summed E-state index contributed by atoms with van der Waals surface area (Å²) in [5, 5.41) is 8.96. The highest BCUT2D eigenvalue weighted by Gasteiger charge is 2.15. The predicted octanol–water partition coefficient (Wildman–Crippen LogP) is 3.27. The largest absolute Gasteiger partial charge is 0.465 e. The molecular weight excluding hydrogens is 362 g/mol. The average molecular weight is 379 g/mol. The van der Waals surface area contributed by atoms with Gasteiger partial charge in [0.2, 0.25) is 0 Å². The number of anilines is 2. The lowest BCUT2D eigenvalue weighted by molar-refractivity contribution is 0.0601. The minimum Gasteiger partial charge on any atom is -0.465 e. The molecule has 0 aliphatic heterocycles. The number of carbonyl (C=O) groups is 3. The smallest absolute Gasteiger partial charge is 0.339 e. The molecule has 1 heterocycles. The van der Waals surface area contributed by atoms with Gasteiger partial charge in [-0.2, -0.15) is 0 Å². The number of rotatable bonds is 5. The molecule has 0 spiro atoms. The van der Waals surface area contributed by atoms with Crippen molar-refractivity contribution in [2.75, 3.05) is 17.7 Å². The standard InChI is InChI=1S/C20H17N3O5/c1-12-11-17(23-28-12)22-19(25)14-9-7-13(8-10-14)18(24)21-16-6-4-3-5-15(16)20(26)27-2/h3-11H,1-2H3,(H,21,24)(H,22,23,25). The van der Waals surface area contributed by atoms with Crippen LogP contribution in [0.5, 0.6) is 0 Å². The van der Waals surface area contributed by atoms with Crippen molar-refractivity contribution in [2.24, 2.45) is 0 Å². The van der Waals surface area contributed by atoms with Crippen molar-refractivity contribution in [3.63, 3.8) is 0 Å². The minimum absolute atomic E-state index is 0.247. The fraction of sp³-hybridized carbons (Fsp3) is 0.100. The maximum absolute atomic E-state index is 12.5. The summed E-state index contributed by atoms with van der Waals surface area (Å²) < 4.78 is 9.60. The maximum Gasteiger partial charge on any atom is 0.339 e. The maximum atomic E-state index is 12.5. The van der Waals surface area contributed by atoms with Crippen molar-refractivity contribution >= 4 is 29.3 Å². The highest BCUT2D eigenvalue weighted by molar-refractivity contribution is 6.09. The molecule has 0 saturated heterocycles. The van der Waals surface area contributed by atoms with Crippen LogP contribution in [0.15, 0.2) is 59.1 Å². The molecular formula is C20H17N3O5. The molecule has 3 aromatic rings. The van der Waals surface area contributed by atoms with Crippen LogP contribution in [0.4, 0.5) is 11.5 Å². The third-order valence-corrected chi connectivity index (χ3v) is 3.86. The van der Waals surface area contributed by atoms with Crippen LogP contribution in [0, 0.1) is 6.92 Å². The average Bonchev–Trinajstić information content (AvgIpc) is 3.12. The normalized spacial score (nSPS) is 10.2. The van der Waals surface area contributed by atoms with Gasteiger partial charge in [-0.3, -0.25) is 9.59 Å². The number of methoxy groups -OCH3 is 1. The SMILES string of the molecule is COC(=O)c1ccccc1NC(=O)c1ccc(C(=O)Nc2cc(C)on2)cc1. The number of esters is 1. The molecule has 0 atom stereocenters. The number of nitrogens with one attached hydrogen (secondary N) is 2. The van der Waals surface area contributed by atoms with Crippen LogP contribution in [0.25, 0.3) is 0 Å². The van der Waals surface area contributed by atoms with Crippen molar-refractivity contribution in [3.8, 4) is 0 Å². The lowest BCUT2D eigenvalue weighted by Crippen LogP contribution is -2.16. The molecule has 0 fully saturated rings. The molecule has 0 radical (unpaired) electrons. The third kappa shape index (κ3) is 4.24. The Kier molecular flexibility index (Phi) is 5.50. The van der Waals surface area contributed by atoms with E-state index in [1.165, 1.54) is 31.4 Å². The fourth-order valence-corrected chi connectivity index (χ4v) is 2.46. The van der Waals surface area contributed by atoms with Crippen molar-refractivity contribution < 1.29 is 23.6 Å². The molecule has 0 aliphatic rings. The Bertz CT molecular complexity index is 1020. The van der Waals surface area contributed by atoms with E-state index in [1.807, 2.05) is 0 Å². The zero-order valence-electron chi connectivity index (χ0n) is 15.2. The summed E-state index contributed by atoms with van der Waals surface area (Å²) in [5.74, 6) is -0.462. The van der Waals surface area contributed by atoms with Gasteiger partial charge in [0.25, 0.3) is 11.8 Å². The Balaban J connectivity index is 1.70. The summed E-state index contributed by atoms with van der Waals surface area (Å²) in [5.41, 5.74) is 1.26. The molecule has 0 aliphatic carbocycles. The zero-order chi connectivity index (χ0) is 20.1. The van der Waals surface area contributed by atoms with Gasteiger partial charge in [0.05, 0.1) is 18.4 Å². The van der Waals surface area contributed by atoms with E-state index in [4.69, 9.17) is 9.26 Å². The quantitative estimate of drug-likeness (QED) is 0.658. The second-order valence-electron chi connectivity index (χ2n) is 5.85. The summed E-state index contributed by atoms with van der Waals surface area (Å²) in [6.07, 6.45) is 0. The summed E-state index contributed by atoms with van der Waals surface area (Å²) in [4.78, 5) is 36.5. The zero-order valence-corrected chi connectivity index (χ0v) is 15.2. The summed E-state index contributed by atoms with van der Waals surface area (Å²) in [6.45, 7) is 1.72. The highest BCUT2D eigenvalue weighted by Crippen LogP contribution is 2.18. The van der Waals surface area contributed by atoms with Gasteiger partial charge in [-0.15, -0.1) is 0 Å². The number of carbonyl (C=O) groups excluding carboxylic acids is 3. The van der Waals surface area contributed by atoms with Crippen LogP contribution < -0.4 is 10.6 Å². The molecule has 142 valence electrons. The fourth-order valence-electron chi connectivity index (χ4n) is 2.46. The molecule has 28 heavy (non-hydrogen) atoms. The summed E-state index contributed by atoms with van der Waals surface area (Å²) in [7, 11) is 1.27. The van der Waals surface area contributed by atoms with E-state index in [0.29, 0.717) is 28.4 Å². The molecule has 1 aromatic heterocycles. The molecule has 0 saturated carbocycles. The van der Waals surface area contributed by atoms with Crippen LogP contribution >= 0.6 is 0 Å². The summed E-state index contributed by atoms with van der Waals surface area (Å²) in [6, 6.07) is 14.2. The van der Waals surface area contributed by atoms with Crippen molar-refractivity contribution in [1.29, 1.82) is 0 Å². The second kappa shape index (κ2) is 8.17. The first-order chi connectivity index (χ1) is 13.5. The molecule has 0 unspecified atom stereocenters. The van der Waals surface area contributed by atoms with E-state index >= 15 is 0 Å². The van der Waals surface area contributed by atoms with Gasteiger partial charge in [-0.25, -0.2) is 4.79 Å². The molecule has 2 amide bonds. The minimum atomic E-state index is -0.550. The van der Waals surface area contributed by atoms with Crippen LogP contribution in [0.1, 0.15) is 36.8 Å². The van der Waals surface area contributed by atoms with Crippen LogP contribution in [0.2, 0.25) is 0 Å². The van der Waals surface area contributed by atoms with Crippen molar-refractivity contribution in [1.82, 2.24) is 5.16 Å². The number of hydrogen-bond acceptors (Lipinski definition) is 6. The van der Waals surface area contributed by atoms with Gasteiger partial charge in [-0.05, 0) is 43.3 Å². The molecule has 8 heteroatoms. The first-order valence-corrected chi connectivity index (χ1v) is 8.31. The van der Waals surface area contributed by atoms with E-state index < -0.39 is 11.9 Å². The Morgan fingerprint density at radius 1 is 0.929 bits per heavy atom. The van der Waals surface area contributed by atoms with Crippen LogP contribution in [0.3, 0.4) is 0 Å². The first kappa shape index (κ1) is 18.8. The number of ether oxygens (including phenoxy) is 1. The monoisotopic (exact) mass is 379 g/mol. The lowest BCUT2D eigenvalue weighted by Gasteiger charge is -2.10. The van der Waals surface area contributed by atoms with Gasteiger partial charge in [0.15, 0.2) is 5.82 Å². The van der Waals surface area contributed by atoms with E-state index in [0.717, 1.165) is 0 Å². The highest BCUT2D eigenvalue weighted by atomic mass is 16.5. The van der Waals surface area contributed by atoms with Crippen LogP contribution in [-0.2, 0) is 4.74 Å². The van der Waals surface area contributed by atoms with Crippen molar-refractivity contribution in [2.45, 2.75) is 6.92 Å². The van der Waals surface area contributed by atoms with Gasteiger partial charge >= 0.3 is 5.97 Å². The number of aromatic nitrogens is 1. The summed E-state index contributed by atoms with van der Waals surface area (Å²) >= 11 is 0. The van der Waals surface area contributed by atoms with E-state index in [-0.39, 0.29) is 11.5 Å². The van der Waals surface area contributed by atoms with E-state index in [9.17, 15) is 14.4 Å². The Morgan fingerprint density at radius 3 is 2.11 bits per heavy atom. The lowest BCUT2D eigenvalue weighted by atomic mass is 10.1. The van der Waals surface area contributed by atoms with Crippen LogP contribution in [-0.4, -0.2) is 30.1 Å². The van der Waals surface area contributed by atoms with Crippen molar-refractivity contribution in [3.05, 3.63) is 77.0 Å². The topological polar surface area (TPSA) is 111 Å². The number of para-hydroxylation sites is 1. The number of aryl methyl sites for hydroxylation is 1. The number of nitrogens with zero attached hydrogens (tertiary/aromatic N) is 1. The Morgan fingerprint density at radius 2 is 1.54 bits per heavy atom. The van der Waals surface area contributed by atoms with E-state index in [1.54, 1.807) is 37.3 Å². The van der Waals surface area contributed by atoms with Gasteiger partial charge < -0.3 is 19.9 Å². The molecule has 0 bridgehead atoms. The Labute approximate surface area is 160 Å². The molecule has 3 rings (SSSR count).